The van der Waals surface area contributed by atoms with Gasteiger partial charge < -0.3 is 24.1 Å². The Morgan fingerprint density at radius 1 is 0.620 bits per heavy atom. The summed E-state index contributed by atoms with van der Waals surface area (Å²) >= 11 is 0. The number of hydrogen-bond acceptors (Lipinski definition) is 9. The lowest BCUT2D eigenvalue weighted by molar-refractivity contribution is -0.408. The van der Waals surface area contributed by atoms with Gasteiger partial charge in [-0.05, 0) is 79.6 Å². The van der Waals surface area contributed by atoms with Gasteiger partial charge in [-0.1, -0.05) is 13.8 Å². The fraction of sp³-hybridized carbons (Fsp3) is 0.875. The van der Waals surface area contributed by atoms with Crippen molar-refractivity contribution >= 4 is 23.9 Å². The van der Waals surface area contributed by atoms with Crippen LogP contribution in [-0.4, -0.2) is 75.5 Å². The van der Waals surface area contributed by atoms with Gasteiger partial charge in [-0.2, -0.15) is 39.5 Å². The van der Waals surface area contributed by atoms with Crippen LogP contribution < -0.4 is 0 Å². The van der Waals surface area contributed by atoms with E-state index >= 15 is 0 Å². The molecule has 0 aromatic heterocycles. The molecular formula is C32H45F9O9. The highest BCUT2D eigenvalue weighted by atomic mass is 19.4. The average molecular weight is 745 g/mol. The van der Waals surface area contributed by atoms with E-state index in [0.29, 0.717) is 33.1 Å². The van der Waals surface area contributed by atoms with Crippen molar-refractivity contribution in [2.24, 2.45) is 16.7 Å². The molecule has 4 rings (SSSR count). The van der Waals surface area contributed by atoms with Crippen LogP contribution in [0.25, 0.3) is 0 Å². The van der Waals surface area contributed by atoms with E-state index in [-0.39, 0.29) is 38.0 Å². The lowest BCUT2D eigenvalue weighted by Crippen LogP contribution is -2.70. The highest BCUT2D eigenvalue weighted by molar-refractivity contribution is 5.77. The number of rotatable bonds is 9. The zero-order chi connectivity index (χ0) is 39.4. The van der Waals surface area contributed by atoms with Gasteiger partial charge in [0.1, 0.15) is 16.8 Å². The lowest BCUT2D eigenvalue weighted by Gasteiger charge is -2.63. The van der Waals surface area contributed by atoms with Crippen LogP contribution in [0.5, 0.6) is 0 Å². The Hall–Kier alpha value is -2.79. The number of halogens is 9. The number of hydrogen-bond donors (Lipinski definition) is 1. The lowest BCUT2D eigenvalue weighted by atomic mass is 9.50. The van der Waals surface area contributed by atoms with Crippen LogP contribution >= 0.6 is 0 Å². The van der Waals surface area contributed by atoms with Crippen LogP contribution in [0.15, 0.2) is 0 Å². The van der Waals surface area contributed by atoms with E-state index in [1.807, 2.05) is 6.92 Å². The molecule has 4 bridgehead atoms. The van der Waals surface area contributed by atoms with Gasteiger partial charge in [-0.25, -0.2) is 4.79 Å². The van der Waals surface area contributed by atoms with Crippen LogP contribution in [0.4, 0.5) is 39.5 Å². The fourth-order valence-corrected chi connectivity index (χ4v) is 6.99. The number of alkyl halides is 9. The third-order valence-corrected chi connectivity index (χ3v) is 10.0. The molecule has 290 valence electrons. The first-order chi connectivity index (χ1) is 22.1. The topological polar surface area (TPSA) is 125 Å². The molecular weight excluding hydrogens is 699 g/mol. The van der Waals surface area contributed by atoms with Crippen LogP contribution in [0.1, 0.15) is 114 Å². The Labute approximate surface area is 283 Å². The first-order valence-corrected chi connectivity index (χ1v) is 15.9. The minimum absolute atomic E-state index is 0.0195. The third-order valence-electron chi connectivity index (χ3n) is 10.0. The van der Waals surface area contributed by atoms with Crippen molar-refractivity contribution < 1.29 is 82.7 Å². The SMILES string of the molecule is CCC(C)(C)C(=O)OC(C)(C)C(O)(C(F)(F)F)C(F)(F)F.CCC(C)(C)C(=O)OC12CC3CC(OC(C)=O)(CC(OC(=O)C(F)(F)F)(C3)C1)C2. The highest BCUT2D eigenvalue weighted by Gasteiger charge is 2.79. The number of ether oxygens (including phenoxy) is 4. The molecule has 4 aliphatic rings. The number of esters is 4. The highest BCUT2D eigenvalue weighted by Crippen LogP contribution is 2.63. The molecule has 0 radical (unpaired) electrons. The zero-order valence-corrected chi connectivity index (χ0v) is 29.3. The van der Waals surface area contributed by atoms with Gasteiger partial charge in [-0.3, -0.25) is 14.4 Å². The minimum atomic E-state index is -6.06. The van der Waals surface area contributed by atoms with Gasteiger partial charge in [0.2, 0.25) is 0 Å². The summed E-state index contributed by atoms with van der Waals surface area (Å²) < 4.78 is 136. The first kappa shape index (κ1) is 43.4. The number of carbonyl (C=O) groups is 4. The quantitative estimate of drug-likeness (QED) is 0.146. The molecule has 0 amide bonds. The molecule has 9 nitrogen and oxygen atoms in total. The molecule has 4 aliphatic carbocycles. The number of carbonyl (C=O) groups excluding carboxylic acids is 4. The summed E-state index contributed by atoms with van der Waals surface area (Å²) in [6, 6.07) is 0. The first-order valence-electron chi connectivity index (χ1n) is 15.9. The molecule has 0 spiro atoms. The van der Waals surface area contributed by atoms with E-state index < -0.39 is 81.2 Å². The van der Waals surface area contributed by atoms with E-state index in [4.69, 9.17) is 14.2 Å². The van der Waals surface area contributed by atoms with Crippen molar-refractivity contribution in [3.63, 3.8) is 0 Å². The van der Waals surface area contributed by atoms with E-state index in [2.05, 4.69) is 4.74 Å². The van der Waals surface area contributed by atoms with Gasteiger partial charge in [0.05, 0.1) is 10.8 Å². The smallest absolute Gasteiger partial charge is 0.459 e. The maximum atomic E-state index is 12.9. The largest absolute Gasteiger partial charge is 0.490 e. The summed E-state index contributed by atoms with van der Waals surface area (Å²) in [6.07, 6.45) is -15.3. The summed E-state index contributed by atoms with van der Waals surface area (Å²) in [7, 11) is 0. The maximum Gasteiger partial charge on any atom is 0.490 e. The van der Waals surface area contributed by atoms with E-state index in [9.17, 15) is 63.8 Å². The van der Waals surface area contributed by atoms with Crippen molar-refractivity contribution in [1.29, 1.82) is 0 Å². The summed E-state index contributed by atoms with van der Waals surface area (Å²) in [6.45, 7) is 11.4. The number of aliphatic hydroxyl groups is 1. The molecule has 4 atom stereocenters. The normalized spacial score (nSPS) is 27.1. The summed E-state index contributed by atoms with van der Waals surface area (Å²) in [4.78, 5) is 47.9. The predicted molar refractivity (Wildman–Crippen MR) is 155 cm³/mol. The van der Waals surface area contributed by atoms with E-state index in [1.165, 1.54) is 27.7 Å². The van der Waals surface area contributed by atoms with E-state index in [0.717, 1.165) is 0 Å². The molecule has 4 fully saturated rings. The molecule has 0 aromatic carbocycles. The van der Waals surface area contributed by atoms with Gasteiger partial charge in [0.25, 0.3) is 5.60 Å². The predicted octanol–water partition coefficient (Wildman–Crippen LogP) is 7.45. The van der Waals surface area contributed by atoms with Gasteiger partial charge in [0, 0.05) is 26.2 Å². The van der Waals surface area contributed by atoms with Crippen molar-refractivity contribution in [3.05, 3.63) is 0 Å². The minimum Gasteiger partial charge on any atom is -0.459 e. The van der Waals surface area contributed by atoms with Gasteiger partial charge in [0.15, 0.2) is 5.60 Å². The second-order valence-corrected chi connectivity index (χ2v) is 15.5. The molecule has 4 saturated carbocycles. The van der Waals surface area contributed by atoms with Crippen LogP contribution in [0.2, 0.25) is 0 Å². The Morgan fingerprint density at radius 2 is 0.960 bits per heavy atom. The van der Waals surface area contributed by atoms with Crippen LogP contribution in [-0.2, 0) is 38.1 Å². The van der Waals surface area contributed by atoms with Crippen molar-refractivity contribution in [1.82, 2.24) is 0 Å². The standard InChI is InChI=1S/C20H27F3O6.C12H18F6O3/c1-5-16(3,4)14(25)28-18-7-13-6-17(9-18,27-12(2)24)10-19(8-13,11-18)29-15(26)20(21,22)23;1-6-8(2,3)7(19)21-9(4,5)10(20,11(13,14)15)12(16,17)18/h13H,5-11H2,1-4H3;20H,6H2,1-5H3. The Kier molecular flexibility index (Phi) is 11.6. The van der Waals surface area contributed by atoms with Gasteiger partial charge >= 0.3 is 42.4 Å². The monoisotopic (exact) mass is 744 g/mol. The second-order valence-electron chi connectivity index (χ2n) is 15.5. The molecule has 0 aliphatic heterocycles. The molecule has 0 aromatic rings. The Balaban J connectivity index is 0.000000368. The molecule has 1 N–H and O–H groups in total. The summed E-state index contributed by atoms with van der Waals surface area (Å²) in [5.41, 5.74) is -14.2. The third kappa shape index (κ3) is 8.63. The average Bonchev–Trinajstić information content (AvgIpc) is 2.88. The van der Waals surface area contributed by atoms with Crippen molar-refractivity contribution in [2.75, 3.05) is 0 Å². The van der Waals surface area contributed by atoms with Crippen LogP contribution in [0.3, 0.4) is 0 Å². The Morgan fingerprint density at radius 3 is 1.28 bits per heavy atom. The van der Waals surface area contributed by atoms with Crippen molar-refractivity contribution in [2.45, 2.75) is 160 Å². The second kappa shape index (κ2) is 13.3. The zero-order valence-electron chi connectivity index (χ0n) is 29.3. The molecule has 0 heterocycles. The summed E-state index contributed by atoms with van der Waals surface area (Å²) in [5, 5.41) is 9.27. The molecule has 50 heavy (non-hydrogen) atoms. The fourth-order valence-electron chi connectivity index (χ4n) is 6.99. The molecule has 4 unspecified atom stereocenters. The Bertz CT molecular complexity index is 1310. The van der Waals surface area contributed by atoms with E-state index in [1.54, 1.807) is 13.8 Å². The summed E-state index contributed by atoms with van der Waals surface area (Å²) in [5.74, 6) is -4.74. The van der Waals surface area contributed by atoms with Crippen molar-refractivity contribution in [3.8, 4) is 0 Å². The van der Waals surface area contributed by atoms with Crippen LogP contribution in [0, 0.1) is 16.7 Å². The van der Waals surface area contributed by atoms with Gasteiger partial charge in [-0.15, -0.1) is 0 Å². The molecule has 0 saturated heterocycles. The molecule has 18 heteroatoms. The maximum absolute atomic E-state index is 12.9.